The van der Waals surface area contributed by atoms with Crippen LogP contribution in [-0.4, -0.2) is 58.9 Å². The van der Waals surface area contributed by atoms with Crippen molar-refractivity contribution in [3.05, 3.63) is 35.4 Å². The Kier molecular flexibility index (Phi) is 5.82. The molecular weight excluding hydrogens is 320 g/mol. The maximum atomic E-state index is 12.9. The number of carboxylic acids is 1. The van der Waals surface area contributed by atoms with Gasteiger partial charge in [-0.2, -0.15) is 0 Å². The van der Waals surface area contributed by atoms with Crippen LogP contribution in [0.25, 0.3) is 0 Å². The summed E-state index contributed by atoms with van der Waals surface area (Å²) in [5.41, 5.74) is -0.393. The SMILES string of the molecule is CCN(C)C(=O)c1cccc(C(=O)N(C)C2(C(=O)O)CCCCC2)c1. The van der Waals surface area contributed by atoms with Gasteiger partial charge in [0.15, 0.2) is 0 Å². The van der Waals surface area contributed by atoms with Crippen molar-refractivity contribution in [1.82, 2.24) is 9.80 Å². The van der Waals surface area contributed by atoms with Crippen LogP contribution < -0.4 is 0 Å². The van der Waals surface area contributed by atoms with E-state index in [1.54, 1.807) is 43.3 Å². The first kappa shape index (κ1) is 19.0. The highest BCUT2D eigenvalue weighted by molar-refractivity contribution is 6.01. The van der Waals surface area contributed by atoms with Crippen LogP contribution in [0.5, 0.6) is 0 Å². The molecule has 0 bridgehead atoms. The Hall–Kier alpha value is -2.37. The molecule has 1 aliphatic carbocycles. The predicted molar refractivity (Wildman–Crippen MR) is 94.6 cm³/mol. The molecule has 0 heterocycles. The fourth-order valence-corrected chi connectivity index (χ4v) is 3.37. The molecule has 6 nitrogen and oxygen atoms in total. The predicted octanol–water partition coefficient (Wildman–Crippen LogP) is 2.64. The molecule has 1 N–H and O–H groups in total. The molecule has 136 valence electrons. The number of hydrogen-bond acceptors (Lipinski definition) is 3. The number of carbonyl (C=O) groups excluding carboxylic acids is 2. The van der Waals surface area contributed by atoms with E-state index in [2.05, 4.69) is 0 Å². The molecule has 0 radical (unpaired) electrons. The van der Waals surface area contributed by atoms with E-state index in [9.17, 15) is 19.5 Å². The summed E-state index contributed by atoms with van der Waals surface area (Å²) < 4.78 is 0. The lowest BCUT2D eigenvalue weighted by Gasteiger charge is -2.41. The zero-order valence-electron chi connectivity index (χ0n) is 15.1. The van der Waals surface area contributed by atoms with Crippen molar-refractivity contribution in [3.63, 3.8) is 0 Å². The fourth-order valence-electron chi connectivity index (χ4n) is 3.37. The molecule has 0 spiro atoms. The molecule has 1 aromatic carbocycles. The van der Waals surface area contributed by atoms with Crippen LogP contribution in [0.3, 0.4) is 0 Å². The van der Waals surface area contributed by atoms with Crippen molar-refractivity contribution in [1.29, 1.82) is 0 Å². The minimum atomic E-state index is -1.16. The van der Waals surface area contributed by atoms with Crippen molar-refractivity contribution in [2.45, 2.75) is 44.6 Å². The molecule has 0 unspecified atom stereocenters. The third-order valence-electron chi connectivity index (χ3n) is 5.20. The standard InChI is InChI=1S/C19H26N2O4/c1-4-20(2)16(22)14-9-8-10-15(13-14)17(23)21(3)19(18(24)25)11-6-5-7-12-19/h8-10,13H,4-7,11-12H2,1-3H3,(H,24,25). The van der Waals surface area contributed by atoms with Gasteiger partial charge >= 0.3 is 5.97 Å². The number of hydrogen-bond donors (Lipinski definition) is 1. The van der Waals surface area contributed by atoms with Gasteiger partial charge in [-0.3, -0.25) is 9.59 Å². The van der Waals surface area contributed by atoms with Crippen LogP contribution in [-0.2, 0) is 4.79 Å². The highest BCUT2D eigenvalue weighted by Crippen LogP contribution is 2.34. The molecule has 1 aromatic rings. The number of carbonyl (C=O) groups is 3. The first-order chi connectivity index (χ1) is 11.8. The summed E-state index contributed by atoms with van der Waals surface area (Å²) in [5.74, 6) is -1.48. The quantitative estimate of drug-likeness (QED) is 0.889. The summed E-state index contributed by atoms with van der Waals surface area (Å²) in [6, 6.07) is 6.50. The van der Waals surface area contributed by atoms with Crippen LogP contribution in [0.2, 0.25) is 0 Å². The van der Waals surface area contributed by atoms with Crippen molar-refractivity contribution >= 4 is 17.8 Å². The Bertz CT molecular complexity index is 665. The van der Waals surface area contributed by atoms with E-state index in [-0.39, 0.29) is 11.8 Å². The van der Waals surface area contributed by atoms with E-state index >= 15 is 0 Å². The van der Waals surface area contributed by atoms with Gasteiger partial charge in [0, 0.05) is 31.8 Å². The second-order valence-corrected chi connectivity index (χ2v) is 6.66. The van der Waals surface area contributed by atoms with Gasteiger partial charge in [-0.25, -0.2) is 4.79 Å². The van der Waals surface area contributed by atoms with E-state index in [1.807, 2.05) is 6.92 Å². The van der Waals surface area contributed by atoms with Gasteiger partial charge in [0.05, 0.1) is 0 Å². The molecule has 0 atom stereocenters. The number of amides is 2. The molecule has 2 amide bonds. The molecule has 0 saturated heterocycles. The maximum absolute atomic E-state index is 12.9. The first-order valence-electron chi connectivity index (χ1n) is 8.70. The molecule has 1 aliphatic rings. The lowest BCUT2D eigenvalue weighted by atomic mass is 9.80. The lowest BCUT2D eigenvalue weighted by molar-refractivity contribution is -0.151. The minimum Gasteiger partial charge on any atom is -0.479 e. The highest BCUT2D eigenvalue weighted by Gasteiger charge is 2.45. The van der Waals surface area contributed by atoms with E-state index in [0.717, 1.165) is 19.3 Å². The number of benzene rings is 1. The Morgan fingerprint density at radius 2 is 1.60 bits per heavy atom. The van der Waals surface area contributed by atoms with Gasteiger partial charge in [0.25, 0.3) is 11.8 Å². The molecule has 1 saturated carbocycles. The summed E-state index contributed by atoms with van der Waals surface area (Å²) in [7, 11) is 3.25. The number of carboxylic acid groups (broad SMARTS) is 1. The van der Waals surface area contributed by atoms with Crippen molar-refractivity contribution in [2.24, 2.45) is 0 Å². The Balaban J connectivity index is 2.30. The normalized spacial score (nSPS) is 16.1. The zero-order valence-corrected chi connectivity index (χ0v) is 15.1. The maximum Gasteiger partial charge on any atom is 0.329 e. The van der Waals surface area contributed by atoms with Gasteiger partial charge < -0.3 is 14.9 Å². The van der Waals surface area contributed by atoms with E-state index < -0.39 is 11.5 Å². The third kappa shape index (κ3) is 3.67. The van der Waals surface area contributed by atoms with Gasteiger partial charge in [-0.1, -0.05) is 25.3 Å². The van der Waals surface area contributed by atoms with Crippen LogP contribution in [0.4, 0.5) is 0 Å². The second kappa shape index (κ2) is 7.68. The minimum absolute atomic E-state index is 0.162. The third-order valence-corrected chi connectivity index (χ3v) is 5.20. The van der Waals surface area contributed by atoms with Crippen LogP contribution in [0.1, 0.15) is 59.7 Å². The van der Waals surface area contributed by atoms with Crippen molar-refractivity contribution in [3.8, 4) is 0 Å². The second-order valence-electron chi connectivity index (χ2n) is 6.66. The molecule has 2 rings (SSSR count). The monoisotopic (exact) mass is 346 g/mol. The molecule has 6 heteroatoms. The number of nitrogens with zero attached hydrogens (tertiary/aromatic N) is 2. The van der Waals surface area contributed by atoms with Gasteiger partial charge in [-0.05, 0) is 38.0 Å². The Morgan fingerprint density at radius 1 is 1.04 bits per heavy atom. The number of rotatable bonds is 5. The van der Waals surface area contributed by atoms with E-state index in [1.165, 1.54) is 4.90 Å². The van der Waals surface area contributed by atoms with Crippen LogP contribution in [0.15, 0.2) is 24.3 Å². The van der Waals surface area contributed by atoms with Crippen molar-refractivity contribution in [2.75, 3.05) is 20.6 Å². The van der Waals surface area contributed by atoms with Crippen molar-refractivity contribution < 1.29 is 19.5 Å². The molecule has 1 fully saturated rings. The topological polar surface area (TPSA) is 77.9 Å². The zero-order chi connectivity index (χ0) is 18.6. The fraction of sp³-hybridized carbons (Fsp3) is 0.526. The number of aliphatic carboxylic acids is 1. The summed E-state index contributed by atoms with van der Waals surface area (Å²) >= 11 is 0. The van der Waals surface area contributed by atoms with Crippen LogP contribution in [0, 0.1) is 0 Å². The molecule has 0 aliphatic heterocycles. The summed E-state index contributed by atoms with van der Waals surface area (Å²) in [6.07, 6.45) is 3.50. The Morgan fingerprint density at radius 3 is 2.12 bits per heavy atom. The van der Waals surface area contributed by atoms with Gasteiger partial charge in [-0.15, -0.1) is 0 Å². The molecule has 25 heavy (non-hydrogen) atoms. The summed E-state index contributed by atoms with van der Waals surface area (Å²) in [5, 5.41) is 9.75. The van der Waals surface area contributed by atoms with Gasteiger partial charge in [0.1, 0.15) is 5.54 Å². The highest BCUT2D eigenvalue weighted by atomic mass is 16.4. The smallest absolute Gasteiger partial charge is 0.329 e. The average molecular weight is 346 g/mol. The lowest BCUT2D eigenvalue weighted by Crippen LogP contribution is -2.56. The van der Waals surface area contributed by atoms with Gasteiger partial charge in [0.2, 0.25) is 0 Å². The van der Waals surface area contributed by atoms with E-state index in [4.69, 9.17) is 0 Å². The molecule has 0 aromatic heterocycles. The average Bonchev–Trinajstić information content (AvgIpc) is 2.66. The largest absolute Gasteiger partial charge is 0.479 e. The first-order valence-corrected chi connectivity index (χ1v) is 8.70. The van der Waals surface area contributed by atoms with Crippen LogP contribution >= 0.6 is 0 Å². The molecular formula is C19H26N2O4. The number of likely N-dealkylation sites (N-methyl/N-ethyl adjacent to an activating group) is 1. The summed E-state index contributed by atoms with van der Waals surface area (Å²) in [4.78, 5) is 40.0. The van der Waals surface area contributed by atoms with E-state index in [0.29, 0.717) is 30.5 Å². The summed E-state index contributed by atoms with van der Waals surface area (Å²) in [6.45, 7) is 2.44. The Labute approximate surface area is 148 Å².